The van der Waals surface area contributed by atoms with Crippen molar-refractivity contribution in [2.45, 2.75) is 51.7 Å². The number of pyridine rings is 1. The maximum absolute atomic E-state index is 10.7. The van der Waals surface area contributed by atoms with Gasteiger partial charge in [-0.25, -0.2) is 9.98 Å². The number of thiophene rings is 1. The molecular weight excluding hydrogens is 509 g/mol. The molecule has 0 aromatic carbocycles. The Morgan fingerprint density at radius 2 is 2.00 bits per heavy atom. The van der Waals surface area contributed by atoms with E-state index in [4.69, 9.17) is 4.99 Å². The Bertz CT molecular complexity index is 774. The molecule has 166 valence electrons. The zero-order chi connectivity index (χ0) is 20.5. The molecule has 8 heteroatoms. The zero-order valence-corrected chi connectivity index (χ0v) is 21.1. The number of nitrogens with zero attached hydrogens (tertiary/aromatic N) is 3. The number of hydrogen-bond acceptors (Lipinski definition) is 5. The van der Waals surface area contributed by atoms with Gasteiger partial charge in [0, 0.05) is 30.7 Å². The van der Waals surface area contributed by atoms with E-state index in [0.717, 1.165) is 35.9 Å². The van der Waals surface area contributed by atoms with Crippen LogP contribution in [0.4, 0.5) is 5.82 Å². The Kier molecular flexibility index (Phi) is 10.3. The fourth-order valence-corrected chi connectivity index (χ4v) is 4.26. The Morgan fingerprint density at radius 1 is 1.23 bits per heavy atom. The molecule has 0 bridgehead atoms. The highest BCUT2D eigenvalue weighted by atomic mass is 127. The van der Waals surface area contributed by atoms with Crippen molar-refractivity contribution in [2.75, 3.05) is 31.1 Å². The second-order valence-corrected chi connectivity index (χ2v) is 8.67. The zero-order valence-electron chi connectivity index (χ0n) is 17.9. The minimum Gasteiger partial charge on any atom is -0.383 e. The molecule has 3 N–H and O–H groups in total. The number of aliphatic imine (C=N–C) groups is 1. The predicted molar refractivity (Wildman–Crippen MR) is 137 cm³/mol. The summed E-state index contributed by atoms with van der Waals surface area (Å²) in [4.78, 5) is 12.6. The third-order valence-corrected chi connectivity index (χ3v) is 6.28. The minimum atomic E-state index is -0.930. The number of halogens is 1. The SMILES string of the molecule is CCNC(=NCc1ccnc(N2CCCCCC2)c1)NCC(C)(O)c1cccs1.I. The van der Waals surface area contributed by atoms with Gasteiger partial charge in [0.25, 0.3) is 0 Å². The summed E-state index contributed by atoms with van der Waals surface area (Å²) in [6.45, 7) is 7.77. The van der Waals surface area contributed by atoms with Gasteiger partial charge in [0.2, 0.25) is 0 Å². The van der Waals surface area contributed by atoms with Gasteiger partial charge in [0.05, 0.1) is 13.1 Å². The fraction of sp³-hybridized carbons (Fsp3) is 0.545. The summed E-state index contributed by atoms with van der Waals surface area (Å²) in [6.07, 6.45) is 6.99. The molecular formula is C22H34IN5OS. The summed E-state index contributed by atoms with van der Waals surface area (Å²) < 4.78 is 0. The topological polar surface area (TPSA) is 72.8 Å². The Hall–Kier alpha value is -1.39. The van der Waals surface area contributed by atoms with E-state index in [1.54, 1.807) is 11.3 Å². The summed E-state index contributed by atoms with van der Waals surface area (Å²) in [5, 5.41) is 19.2. The number of aromatic nitrogens is 1. The minimum absolute atomic E-state index is 0. The molecule has 1 unspecified atom stereocenters. The molecule has 2 aromatic heterocycles. The van der Waals surface area contributed by atoms with Gasteiger partial charge < -0.3 is 20.6 Å². The first kappa shape index (κ1) is 24.9. The number of aliphatic hydroxyl groups is 1. The van der Waals surface area contributed by atoms with Crippen molar-refractivity contribution < 1.29 is 5.11 Å². The Morgan fingerprint density at radius 3 is 2.67 bits per heavy atom. The van der Waals surface area contributed by atoms with Crippen LogP contribution in [-0.4, -0.2) is 42.2 Å². The quantitative estimate of drug-likeness (QED) is 0.279. The normalized spacial score (nSPS) is 16.9. The standard InChI is InChI=1S/C22H33N5OS.HI/c1-3-23-21(26-17-22(2,28)19-9-8-14-29-19)25-16-18-10-11-24-20(15-18)27-12-6-4-5-7-13-27;/h8-11,14-15,28H,3-7,12-13,16-17H2,1-2H3,(H2,23,25,26);1H. The van der Waals surface area contributed by atoms with Gasteiger partial charge in [0.1, 0.15) is 11.4 Å². The number of anilines is 1. The Balaban J connectivity index is 0.00000320. The molecule has 0 aliphatic carbocycles. The van der Waals surface area contributed by atoms with Gasteiger partial charge in [-0.3, -0.25) is 0 Å². The molecule has 0 saturated carbocycles. The summed E-state index contributed by atoms with van der Waals surface area (Å²) in [7, 11) is 0. The van der Waals surface area contributed by atoms with Crippen molar-refractivity contribution in [3.05, 3.63) is 46.3 Å². The first-order valence-corrected chi connectivity index (χ1v) is 11.4. The third kappa shape index (κ3) is 7.39. The highest BCUT2D eigenvalue weighted by Gasteiger charge is 2.24. The maximum Gasteiger partial charge on any atom is 0.191 e. The summed E-state index contributed by atoms with van der Waals surface area (Å²) in [5.74, 6) is 1.76. The molecule has 3 rings (SSSR count). The first-order valence-electron chi connectivity index (χ1n) is 10.6. The van der Waals surface area contributed by atoms with E-state index >= 15 is 0 Å². The van der Waals surface area contributed by atoms with E-state index in [2.05, 4.69) is 26.6 Å². The van der Waals surface area contributed by atoms with Crippen LogP contribution >= 0.6 is 35.3 Å². The smallest absolute Gasteiger partial charge is 0.191 e. The molecule has 1 fully saturated rings. The molecule has 6 nitrogen and oxygen atoms in total. The molecule has 0 spiro atoms. The van der Waals surface area contributed by atoms with E-state index in [9.17, 15) is 5.11 Å². The monoisotopic (exact) mass is 543 g/mol. The van der Waals surface area contributed by atoms with Gasteiger partial charge >= 0.3 is 0 Å². The van der Waals surface area contributed by atoms with E-state index in [-0.39, 0.29) is 24.0 Å². The van der Waals surface area contributed by atoms with Crippen molar-refractivity contribution >= 4 is 47.1 Å². The fourth-order valence-electron chi connectivity index (χ4n) is 3.47. The number of nitrogens with one attached hydrogen (secondary N) is 2. The van der Waals surface area contributed by atoms with Crippen molar-refractivity contribution in [3.8, 4) is 0 Å². The average molecular weight is 544 g/mol. The second kappa shape index (κ2) is 12.5. The number of rotatable bonds is 7. The van der Waals surface area contributed by atoms with E-state index in [1.807, 2.05) is 43.6 Å². The van der Waals surface area contributed by atoms with Crippen LogP contribution in [0.3, 0.4) is 0 Å². The number of guanidine groups is 1. The maximum atomic E-state index is 10.7. The van der Waals surface area contributed by atoms with Crippen molar-refractivity contribution in [3.63, 3.8) is 0 Å². The van der Waals surface area contributed by atoms with Crippen LogP contribution in [0.25, 0.3) is 0 Å². The molecule has 1 aliphatic rings. The molecule has 0 amide bonds. The first-order chi connectivity index (χ1) is 14.1. The molecule has 3 heterocycles. The Labute approximate surface area is 201 Å². The summed E-state index contributed by atoms with van der Waals surface area (Å²) in [5.41, 5.74) is 0.211. The largest absolute Gasteiger partial charge is 0.383 e. The van der Waals surface area contributed by atoms with Crippen LogP contribution in [0.1, 0.15) is 50.0 Å². The summed E-state index contributed by atoms with van der Waals surface area (Å²) >= 11 is 1.56. The van der Waals surface area contributed by atoms with Crippen LogP contribution in [0.5, 0.6) is 0 Å². The third-order valence-electron chi connectivity index (χ3n) is 5.16. The predicted octanol–water partition coefficient (Wildman–Crippen LogP) is 4.10. The van der Waals surface area contributed by atoms with Crippen molar-refractivity contribution in [1.29, 1.82) is 0 Å². The van der Waals surface area contributed by atoms with Gasteiger partial charge in [-0.1, -0.05) is 18.9 Å². The van der Waals surface area contributed by atoms with Gasteiger partial charge in [0.15, 0.2) is 5.96 Å². The second-order valence-electron chi connectivity index (χ2n) is 7.72. The van der Waals surface area contributed by atoms with Crippen LogP contribution in [0, 0.1) is 0 Å². The van der Waals surface area contributed by atoms with Crippen LogP contribution < -0.4 is 15.5 Å². The van der Waals surface area contributed by atoms with Crippen molar-refractivity contribution in [2.24, 2.45) is 4.99 Å². The van der Waals surface area contributed by atoms with E-state index < -0.39 is 5.60 Å². The van der Waals surface area contributed by atoms with Crippen LogP contribution in [0.15, 0.2) is 40.8 Å². The lowest BCUT2D eigenvalue weighted by molar-refractivity contribution is 0.0655. The average Bonchev–Trinajstić information content (AvgIpc) is 3.14. The van der Waals surface area contributed by atoms with Gasteiger partial charge in [-0.2, -0.15) is 0 Å². The lowest BCUT2D eigenvalue weighted by atomic mass is 10.1. The van der Waals surface area contributed by atoms with E-state index in [0.29, 0.717) is 19.0 Å². The molecule has 1 saturated heterocycles. The highest BCUT2D eigenvalue weighted by molar-refractivity contribution is 14.0. The van der Waals surface area contributed by atoms with Crippen LogP contribution in [-0.2, 0) is 12.1 Å². The molecule has 1 aliphatic heterocycles. The summed E-state index contributed by atoms with van der Waals surface area (Å²) in [6, 6.07) is 8.09. The van der Waals surface area contributed by atoms with E-state index in [1.165, 1.54) is 25.7 Å². The van der Waals surface area contributed by atoms with Crippen molar-refractivity contribution in [1.82, 2.24) is 15.6 Å². The molecule has 2 aromatic rings. The molecule has 0 radical (unpaired) electrons. The number of hydrogen-bond donors (Lipinski definition) is 3. The van der Waals surface area contributed by atoms with Crippen LogP contribution in [0.2, 0.25) is 0 Å². The molecule has 30 heavy (non-hydrogen) atoms. The lowest BCUT2D eigenvalue weighted by Gasteiger charge is -2.24. The van der Waals surface area contributed by atoms with Gasteiger partial charge in [-0.05, 0) is 55.8 Å². The lowest BCUT2D eigenvalue weighted by Crippen LogP contribution is -2.44. The highest BCUT2D eigenvalue weighted by Crippen LogP contribution is 2.24. The molecule has 1 atom stereocenters. The van der Waals surface area contributed by atoms with Gasteiger partial charge in [-0.15, -0.1) is 35.3 Å².